The van der Waals surface area contributed by atoms with Crippen LogP contribution in [0.4, 0.5) is 0 Å². The second kappa shape index (κ2) is 5.45. The smallest absolute Gasteiger partial charge is 0.122 e. The summed E-state index contributed by atoms with van der Waals surface area (Å²) in [4.78, 5) is 2.37. The van der Waals surface area contributed by atoms with E-state index in [1.54, 1.807) is 0 Å². The van der Waals surface area contributed by atoms with Gasteiger partial charge in [-0.05, 0) is 31.4 Å². The molecule has 1 fully saturated rings. The molecule has 0 unspecified atom stereocenters. The fourth-order valence-electron chi connectivity index (χ4n) is 2.34. The van der Waals surface area contributed by atoms with E-state index in [2.05, 4.69) is 44.1 Å². The molecule has 0 amide bonds. The average molecular weight is 250 g/mol. The van der Waals surface area contributed by atoms with Crippen molar-refractivity contribution in [3.05, 3.63) is 23.7 Å². The van der Waals surface area contributed by atoms with Crippen molar-refractivity contribution in [3.63, 3.8) is 0 Å². The molecule has 18 heavy (non-hydrogen) atoms. The first-order chi connectivity index (χ1) is 8.44. The van der Waals surface area contributed by atoms with Crippen LogP contribution in [0.5, 0.6) is 0 Å². The molecular weight excluding hydrogens is 224 g/mol. The van der Waals surface area contributed by atoms with Crippen LogP contribution >= 0.6 is 0 Å². The summed E-state index contributed by atoms with van der Waals surface area (Å²) in [6.07, 6.45) is 4.45. The van der Waals surface area contributed by atoms with Crippen molar-refractivity contribution in [2.24, 2.45) is 5.41 Å². The molecule has 2 rings (SSSR count). The molecule has 3 heteroatoms. The van der Waals surface area contributed by atoms with E-state index in [0.717, 1.165) is 31.4 Å². The molecule has 3 nitrogen and oxygen atoms in total. The Morgan fingerprint density at radius 3 is 2.72 bits per heavy atom. The molecule has 1 aromatic heterocycles. The molecule has 0 bridgehead atoms. The van der Waals surface area contributed by atoms with Crippen LogP contribution in [0.3, 0.4) is 0 Å². The van der Waals surface area contributed by atoms with Crippen molar-refractivity contribution in [1.82, 2.24) is 10.2 Å². The van der Waals surface area contributed by atoms with Crippen molar-refractivity contribution in [2.75, 3.05) is 13.6 Å². The molecule has 0 atom stereocenters. The Balaban J connectivity index is 1.85. The second-order valence-corrected chi connectivity index (χ2v) is 6.76. The largest absolute Gasteiger partial charge is 0.468 e. The van der Waals surface area contributed by atoms with Crippen LogP contribution in [0.15, 0.2) is 16.7 Å². The van der Waals surface area contributed by atoms with Crippen LogP contribution in [0.1, 0.15) is 44.9 Å². The minimum Gasteiger partial charge on any atom is -0.468 e. The molecule has 0 radical (unpaired) electrons. The van der Waals surface area contributed by atoms with Gasteiger partial charge in [-0.25, -0.2) is 0 Å². The predicted molar refractivity (Wildman–Crippen MR) is 74.4 cm³/mol. The van der Waals surface area contributed by atoms with E-state index in [-0.39, 0.29) is 0 Å². The Morgan fingerprint density at radius 2 is 2.11 bits per heavy atom. The summed E-state index contributed by atoms with van der Waals surface area (Å²) in [6, 6.07) is 2.83. The highest BCUT2D eigenvalue weighted by atomic mass is 16.3. The maximum absolute atomic E-state index is 5.58. The van der Waals surface area contributed by atoms with Gasteiger partial charge in [0.05, 0.1) is 12.8 Å². The number of hydrogen-bond acceptors (Lipinski definition) is 3. The van der Waals surface area contributed by atoms with Crippen LogP contribution in [0, 0.1) is 5.41 Å². The lowest BCUT2D eigenvalue weighted by Crippen LogP contribution is -2.29. The van der Waals surface area contributed by atoms with Gasteiger partial charge in [0.1, 0.15) is 5.76 Å². The van der Waals surface area contributed by atoms with Crippen LogP contribution in [0.25, 0.3) is 0 Å². The van der Waals surface area contributed by atoms with Crippen LogP contribution in [-0.4, -0.2) is 24.5 Å². The molecule has 0 saturated heterocycles. The number of rotatable bonds is 6. The van der Waals surface area contributed by atoms with Gasteiger partial charge in [0.15, 0.2) is 0 Å². The molecule has 102 valence electrons. The average Bonchev–Trinajstić information content (AvgIpc) is 2.95. The summed E-state index contributed by atoms with van der Waals surface area (Å²) in [7, 11) is 2.18. The number of furan rings is 1. The Hall–Kier alpha value is -0.800. The molecule has 1 aliphatic carbocycles. The van der Waals surface area contributed by atoms with E-state index in [9.17, 15) is 0 Å². The summed E-state index contributed by atoms with van der Waals surface area (Å²) in [6.45, 7) is 9.75. The molecule has 0 aromatic carbocycles. The topological polar surface area (TPSA) is 28.4 Å². The number of nitrogens with one attached hydrogen (secondary N) is 1. The predicted octanol–water partition coefficient (Wildman–Crippen LogP) is 3.01. The van der Waals surface area contributed by atoms with E-state index in [1.165, 1.54) is 18.4 Å². The molecule has 1 N–H and O–H groups in total. The quantitative estimate of drug-likeness (QED) is 0.841. The first-order valence-electron chi connectivity index (χ1n) is 6.91. The lowest BCUT2D eigenvalue weighted by molar-refractivity contribution is 0.219. The van der Waals surface area contributed by atoms with Gasteiger partial charge in [0.2, 0.25) is 0 Å². The van der Waals surface area contributed by atoms with Crippen molar-refractivity contribution in [3.8, 4) is 0 Å². The first-order valence-corrected chi connectivity index (χ1v) is 6.91. The summed E-state index contributed by atoms with van der Waals surface area (Å²) >= 11 is 0. The number of hydrogen-bond donors (Lipinski definition) is 1. The highest BCUT2D eigenvalue weighted by molar-refractivity contribution is 5.17. The Kier molecular flexibility index (Phi) is 4.13. The Labute approximate surface area is 111 Å². The molecular formula is C15H26N2O. The van der Waals surface area contributed by atoms with Gasteiger partial charge in [-0.2, -0.15) is 0 Å². The van der Waals surface area contributed by atoms with E-state index >= 15 is 0 Å². The second-order valence-electron chi connectivity index (χ2n) is 6.76. The van der Waals surface area contributed by atoms with Crippen molar-refractivity contribution >= 4 is 0 Å². The zero-order valence-corrected chi connectivity index (χ0v) is 12.1. The van der Waals surface area contributed by atoms with Gasteiger partial charge < -0.3 is 14.6 Å². The normalized spacial score (nSPS) is 16.5. The molecule has 1 saturated carbocycles. The zero-order chi connectivity index (χ0) is 13.2. The summed E-state index contributed by atoms with van der Waals surface area (Å²) in [5.41, 5.74) is 1.65. The third-order valence-electron chi connectivity index (χ3n) is 3.15. The van der Waals surface area contributed by atoms with Gasteiger partial charge >= 0.3 is 0 Å². The molecule has 0 aliphatic heterocycles. The molecule has 0 spiro atoms. The van der Waals surface area contributed by atoms with E-state index in [0.29, 0.717) is 5.41 Å². The monoisotopic (exact) mass is 250 g/mol. The van der Waals surface area contributed by atoms with Gasteiger partial charge in [-0.15, -0.1) is 0 Å². The standard InChI is InChI=1S/C15H26N2O/c1-15(2,3)11-17(4)10-12-7-8-18-14(12)9-16-13-5-6-13/h7-8,13,16H,5-6,9-11H2,1-4H3. The van der Waals surface area contributed by atoms with Crippen molar-refractivity contribution < 1.29 is 4.42 Å². The first kappa shape index (κ1) is 13.6. The van der Waals surface area contributed by atoms with E-state index in [4.69, 9.17) is 4.42 Å². The molecule has 1 aromatic rings. The minimum absolute atomic E-state index is 0.338. The van der Waals surface area contributed by atoms with Crippen LogP contribution < -0.4 is 5.32 Å². The lowest BCUT2D eigenvalue weighted by Gasteiger charge is -2.26. The van der Waals surface area contributed by atoms with E-state index in [1.807, 2.05) is 6.26 Å². The highest BCUT2D eigenvalue weighted by Gasteiger charge is 2.21. The van der Waals surface area contributed by atoms with Gasteiger partial charge in [-0.1, -0.05) is 20.8 Å². The Morgan fingerprint density at radius 1 is 1.39 bits per heavy atom. The lowest BCUT2D eigenvalue weighted by atomic mass is 9.96. The maximum Gasteiger partial charge on any atom is 0.122 e. The van der Waals surface area contributed by atoms with Gasteiger partial charge in [-0.3, -0.25) is 0 Å². The van der Waals surface area contributed by atoms with Crippen molar-refractivity contribution in [1.29, 1.82) is 0 Å². The third-order valence-corrected chi connectivity index (χ3v) is 3.15. The molecule has 1 heterocycles. The van der Waals surface area contributed by atoms with Crippen molar-refractivity contribution in [2.45, 2.75) is 52.7 Å². The summed E-state index contributed by atoms with van der Waals surface area (Å²) in [5, 5.41) is 3.51. The number of nitrogens with zero attached hydrogens (tertiary/aromatic N) is 1. The fraction of sp³-hybridized carbons (Fsp3) is 0.733. The highest BCUT2D eigenvalue weighted by Crippen LogP contribution is 2.21. The maximum atomic E-state index is 5.58. The van der Waals surface area contributed by atoms with Crippen LogP contribution in [0.2, 0.25) is 0 Å². The Bertz CT molecular complexity index is 374. The van der Waals surface area contributed by atoms with Gasteiger partial charge in [0.25, 0.3) is 0 Å². The minimum atomic E-state index is 0.338. The van der Waals surface area contributed by atoms with E-state index < -0.39 is 0 Å². The third kappa shape index (κ3) is 4.46. The summed E-state index contributed by atoms with van der Waals surface area (Å²) in [5.74, 6) is 1.10. The SMILES string of the molecule is CN(Cc1ccoc1CNC1CC1)CC(C)(C)C. The van der Waals surface area contributed by atoms with Gasteiger partial charge in [0, 0.05) is 24.7 Å². The fourth-order valence-corrected chi connectivity index (χ4v) is 2.34. The molecule has 1 aliphatic rings. The van der Waals surface area contributed by atoms with Crippen LogP contribution in [-0.2, 0) is 13.1 Å². The summed E-state index contributed by atoms with van der Waals surface area (Å²) < 4.78 is 5.58. The zero-order valence-electron chi connectivity index (χ0n) is 12.1.